The fraction of sp³-hybridized carbons (Fsp3) is 0.700. The first-order chi connectivity index (χ1) is 7.61. The third-order valence-corrected chi connectivity index (χ3v) is 2.29. The quantitative estimate of drug-likeness (QED) is 0.753. The van der Waals surface area contributed by atoms with E-state index in [0.717, 1.165) is 11.3 Å². The molecule has 0 radical (unpaired) electrons. The van der Waals surface area contributed by atoms with Crippen LogP contribution in [0.3, 0.4) is 0 Å². The molecule has 0 aromatic carbocycles. The van der Waals surface area contributed by atoms with Crippen LogP contribution in [-0.4, -0.2) is 35.5 Å². The van der Waals surface area contributed by atoms with Gasteiger partial charge in [-0.3, -0.25) is 15.5 Å². The zero-order valence-corrected chi connectivity index (χ0v) is 9.58. The lowest BCUT2D eigenvalue weighted by atomic mass is 10.1. The van der Waals surface area contributed by atoms with Crippen molar-refractivity contribution in [1.29, 1.82) is 5.41 Å². The molecule has 0 aromatic rings. The number of guanidine groups is 1. The Balaban J connectivity index is 2.70. The summed E-state index contributed by atoms with van der Waals surface area (Å²) in [5.41, 5.74) is 0. The number of carbonyl (C=O) groups excluding carboxylic acids is 2. The minimum absolute atomic E-state index is 0.190. The predicted octanol–water partition coefficient (Wildman–Crippen LogP) is 1.07. The van der Waals surface area contributed by atoms with Gasteiger partial charge in [0.1, 0.15) is 6.04 Å². The van der Waals surface area contributed by atoms with Crippen LogP contribution < -0.4 is 5.32 Å². The van der Waals surface area contributed by atoms with E-state index in [1.54, 1.807) is 0 Å². The molecule has 90 valence electrons. The summed E-state index contributed by atoms with van der Waals surface area (Å²) in [5.74, 6) is -0.496. The highest BCUT2D eigenvalue weighted by Crippen LogP contribution is 2.14. The molecule has 6 nitrogen and oxygen atoms in total. The lowest BCUT2D eigenvalue weighted by Gasteiger charge is -2.19. The van der Waals surface area contributed by atoms with Crippen LogP contribution in [0.1, 0.15) is 33.1 Å². The molecule has 2 N–H and O–H groups in total. The summed E-state index contributed by atoms with van der Waals surface area (Å²) in [6, 6.07) is -0.596. The van der Waals surface area contributed by atoms with Crippen molar-refractivity contribution in [2.45, 2.75) is 39.2 Å². The monoisotopic (exact) mass is 227 g/mol. The summed E-state index contributed by atoms with van der Waals surface area (Å²) in [6.07, 6.45) is 1.40. The van der Waals surface area contributed by atoms with E-state index >= 15 is 0 Å². The second-order valence-corrected chi connectivity index (χ2v) is 3.63. The molecule has 1 heterocycles. The van der Waals surface area contributed by atoms with Crippen LogP contribution in [-0.2, 0) is 9.53 Å². The number of amides is 2. The molecule has 1 saturated heterocycles. The number of ether oxygens (including phenoxy) is 1. The van der Waals surface area contributed by atoms with E-state index in [1.807, 2.05) is 13.8 Å². The highest BCUT2D eigenvalue weighted by molar-refractivity contribution is 6.11. The van der Waals surface area contributed by atoms with E-state index in [-0.39, 0.29) is 11.9 Å². The Morgan fingerprint density at radius 2 is 2.19 bits per heavy atom. The lowest BCUT2D eigenvalue weighted by molar-refractivity contribution is -0.121. The third-order valence-electron chi connectivity index (χ3n) is 2.29. The Labute approximate surface area is 94.4 Å². The van der Waals surface area contributed by atoms with Gasteiger partial charge in [0, 0.05) is 0 Å². The topological polar surface area (TPSA) is 82.5 Å². The molecule has 6 heteroatoms. The number of rotatable bonds is 4. The average Bonchev–Trinajstić information content (AvgIpc) is 2.51. The van der Waals surface area contributed by atoms with Crippen molar-refractivity contribution < 1.29 is 14.3 Å². The van der Waals surface area contributed by atoms with Crippen LogP contribution in [0.5, 0.6) is 0 Å². The van der Waals surface area contributed by atoms with Gasteiger partial charge in [0.05, 0.1) is 6.61 Å². The van der Waals surface area contributed by atoms with Crippen molar-refractivity contribution in [3.8, 4) is 0 Å². The molecule has 0 saturated carbocycles. The summed E-state index contributed by atoms with van der Waals surface area (Å²) in [7, 11) is 0. The first kappa shape index (κ1) is 12.5. The van der Waals surface area contributed by atoms with E-state index in [1.165, 1.54) is 0 Å². The number of hydrogen-bond acceptors (Lipinski definition) is 4. The fourth-order valence-electron chi connectivity index (χ4n) is 1.54. The Hall–Kier alpha value is -1.59. The zero-order valence-electron chi connectivity index (χ0n) is 9.58. The van der Waals surface area contributed by atoms with Crippen molar-refractivity contribution >= 4 is 18.0 Å². The molecule has 0 spiro atoms. The normalized spacial score (nSPS) is 19.9. The summed E-state index contributed by atoms with van der Waals surface area (Å²) in [6.45, 7) is 4.11. The summed E-state index contributed by atoms with van der Waals surface area (Å²) in [5, 5.41) is 9.83. The molecular weight excluding hydrogens is 210 g/mol. The van der Waals surface area contributed by atoms with Crippen LogP contribution in [0, 0.1) is 5.41 Å². The van der Waals surface area contributed by atoms with Crippen molar-refractivity contribution in [3.05, 3.63) is 0 Å². The largest absolute Gasteiger partial charge is 0.449 e. The zero-order chi connectivity index (χ0) is 12.1. The van der Waals surface area contributed by atoms with E-state index in [0.29, 0.717) is 19.4 Å². The first-order valence-corrected chi connectivity index (χ1v) is 5.47. The van der Waals surface area contributed by atoms with Crippen molar-refractivity contribution in [1.82, 2.24) is 10.2 Å². The minimum atomic E-state index is -0.622. The van der Waals surface area contributed by atoms with Gasteiger partial charge in [-0.1, -0.05) is 20.3 Å². The van der Waals surface area contributed by atoms with Gasteiger partial charge in [0.25, 0.3) is 0 Å². The van der Waals surface area contributed by atoms with Crippen LogP contribution in [0.25, 0.3) is 0 Å². The highest BCUT2D eigenvalue weighted by atomic mass is 16.6. The maximum Gasteiger partial charge on any atom is 0.417 e. The number of hydrogen-bond donors (Lipinski definition) is 2. The molecule has 1 fully saturated rings. The fourth-order valence-corrected chi connectivity index (χ4v) is 1.54. The molecule has 0 aromatic heterocycles. The molecule has 2 amide bonds. The second-order valence-electron chi connectivity index (χ2n) is 3.63. The van der Waals surface area contributed by atoms with Gasteiger partial charge < -0.3 is 4.74 Å². The molecule has 1 atom stereocenters. The average molecular weight is 227 g/mol. The first-order valence-electron chi connectivity index (χ1n) is 5.47. The van der Waals surface area contributed by atoms with E-state index in [2.05, 4.69) is 5.32 Å². The minimum Gasteiger partial charge on any atom is -0.449 e. The Morgan fingerprint density at radius 3 is 2.75 bits per heavy atom. The Kier molecular flexibility index (Phi) is 4.28. The third kappa shape index (κ3) is 2.50. The SMILES string of the molecule is CCCOC(=O)N1C(=N)NC(=O)[C@@H]1CCC. The number of nitrogens with one attached hydrogen (secondary N) is 2. The summed E-state index contributed by atoms with van der Waals surface area (Å²) >= 11 is 0. The van der Waals surface area contributed by atoms with Gasteiger partial charge in [-0.05, 0) is 12.8 Å². The maximum absolute atomic E-state index is 11.6. The van der Waals surface area contributed by atoms with E-state index < -0.39 is 12.1 Å². The molecule has 16 heavy (non-hydrogen) atoms. The standard InChI is InChI=1S/C10H17N3O3/c1-3-5-7-8(14)12-9(11)13(7)10(15)16-6-4-2/h7H,3-6H2,1-2H3,(H2,11,12,14)/t7-/m0/s1. The molecule has 0 unspecified atom stereocenters. The lowest BCUT2D eigenvalue weighted by Crippen LogP contribution is -2.41. The van der Waals surface area contributed by atoms with Crippen molar-refractivity contribution in [2.75, 3.05) is 6.61 Å². The smallest absolute Gasteiger partial charge is 0.417 e. The Bertz CT molecular complexity index is 304. The molecule has 0 aliphatic carbocycles. The number of carbonyl (C=O) groups is 2. The second kappa shape index (κ2) is 5.48. The summed E-state index contributed by atoms with van der Waals surface area (Å²) < 4.78 is 4.92. The molecular formula is C10H17N3O3. The molecule has 1 rings (SSSR count). The van der Waals surface area contributed by atoms with Crippen molar-refractivity contribution in [2.24, 2.45) is 0 Å². The number of nitrogens with zero attached hydrogens (tertiary/aromatic N) is 1. The van der Waals surface area contributed by atoms with Crippen LogP contribution in [0.4, 0.5) is 4.79 Å². The van der Waals surface area contributed by atoms with Crippen LogP contribution in [0.2, 0.25) is 0 Å². The maximum atomic E-state index is 11.6. The van der Waals surface area contributed by atoms with E-state index in [4.69, 9.17) is 10.1 Å². The molecule has 1 aliphatic rings. The van der Waals surface area contributed by atoms with Gasteiger partial charge >= 0.3 is 6.09 Å². The van der Waals surface area contributed by atoms with Crippen LogP contribution >= 0.6 is 0 Å². The van der Waals surface area contributed by atoms with Gasteiger partial charge in [0.2, 0.25) is 11.9 Å². The summed E-state index contributed by atoms with van der Waals surface area (Å²) in [4.78, 5) is 24.2. The van der Waals surface area contributed by atoms with Gasteiger partial charge in [-0.25, -0.2) is 9.69 Å². The van der Waals surface area contributed by atoms with Gasteiger partial charge in [-0.2, -0.15) is 0 Å². The van der Waals surface area contributed by atoms with Gasteiger partial charge in [-0.15, -0.1) is 0 Å². The van der Waals surface area contributed by atoms with Crippen molar-refractivity contribution in [3.63, 3.8) is 0 Å². The Morgan fingerprint density at radius 1 is 1.50 bits per heavy atom. The molecule has 0 bridgehead atoms. The predicted molar refractivity (Wildman–Crippen MR) is 58.0 cm³/mol. The van der Waals surface area contributed by atoms with E-state index in [9.17, 15) is 9.59 Å². The van der Waals surface area contributed by atoms with Crippen LogP contribution in [0.15, 0.2) is 0 Å². The van der Waals surface area contributed by atoms with Gasteiger partial charge in [0.15, 0.2) is 0 Å². The highest BCUT2D eigenvalue weighted by Gasteiger charge is 2.40. The molecule has 1 aliphatic heterocycles.